The first-order chi connectivity index (χ1) is 11.5. The molecule has 132 valence electrons. The zero-order valence-corrected chi connectivity index (χ0v) is 14.3. The molecule has 7 nitrogen and oxygen atoms in total. The minimum atomic E-state index is -0.566. The summed E-state index contributed by atoms with van der Waals surface area (Å²) < 4.78 is 15.2. The fraction of sp³-hybridized carbons (Fsp3) is 0.529. The zero-order valence-electron chi connectivity index (χ0n) is 14.3. The Morgan fingerprint density at radius 1 is 1.17 bits per heavy atom. The van der Waals surface area contributed by atoms with Gasteiger partial charge in [-0.2, -0.15) is 0 Å². The van der Waals surface area contributed by atoms with E-state index < -0.39 is 5.97 Å². The number of benzene rings is 1. The van der Waals surface area contributed by atoms with Crippen molar-refractivity contribution in [1.82, 2.24) is 0 Å². The molecule has 0 aliphatic heterocycles. The second-order valence-corrected chi connectivity index (χ2v) is 5.85. The van der Waals surface area contributed by atoms with Crippen molar-refractivity contribution in [2.75, 3.05) is 26.6 Å². The molecule has 2 atom stereocenters. The van der Waals surface area contributed by atoms with Gasteiger partial charge in [-0.1, -0.05) is 6.42 Å². The zero-order chi connectivity index (χ0) is 17.7. The first-order valence-electron chi connectivity index (χ1n) is 7.90. The summed E-state index contributed by atoms with van der Waals surface area (Å²) in [6.45, 7) is 0. The third-order valence-corrected chi connectivity index (χ3v) is 4.37. The van der Waals surface area contributed by atoms with Gasteiger partial charge >= 0.3 is 5.97 Å². The van der Waals surface area contributed by atoms with E-state index in [2.05, 4.69) is 5.32 Å². The first kappa shape index (κ1) is 18.1. The van der Waals surface area contributed by atoms with Gasteiger partial charge in [-0.25, -0.2) is 4.79 Å². The largest absolute Gasteiger partial charge is 0.493 e. The van der Waals surface area contributed by atoms with E-state index in [1.165, 1.54) is 27.4 Å². The van der Waals surface area contributed by atoms with Crippen LogP contribution in [-0.2, 0) is 9.53 Å². The molecule has 0 saturated heterocycles. The van der Waals surface area contributed by atoms with Crippen molar-refractivity contribution < 1.29 is 23.8 Å². The molecule has 24 heavy (non-hydrogen) atoms. The molecule has 1 aliphatic rings. The highest BCUT2D eigenvalue weighted by Crippen LogP contribution is 2.34. The Morgan fingerprint density at radius 2 is 1.83 bits per heavy atom. The van der Waals surface area contributed by atoms with Crippen LogP contribution in [0.5, 0.6) is 11.5 Å². The molecule has 1 aromatic carbocycles. The van der Waals surface area contributed by atoms with E-state index in [1.807, 2.05) is 0 Å². The number of anilines is 1. The van der Waals surface area contributed by atoms with Crippen molar-refractivity contribution in [2.45, 2.75) is 31.7 Å². The Kier molecular flexibility index (Phi) is 6.03. The van der Waals surface area contributed by atoms with E-state index in [1.54, 1.807) is 6.07 Å². The van der Waals surface area contributed by atoms with Gasteiger partial charge in [-0.05, 0) is 18.8 Å². The summed E-state index contributed by atoms with van der Waals surface area (Å²) in [5.41, 5.74) is 6.55. The molecule has 0 radical (unpaired) electrons. The third kappa shape index (κ3) is 3.97. The van der Waals surface area contributed by atoms with Crippen molar-refractivity contribution in [2.24, 2.45) is 11.7 Å². The predicted molar refractivity (Wildman–Crippen MR) is 89.4 cm³/mol. The van der Waals surface area contributed by atoms with Crippen molar-refractivity contribution in [1.29, 1.82) is 0 Å². The van der Waals surface area contributed by atoms with Crippen LogP contribution in [-0.4, -0.2) is 39.2 Å². The van der Waals surface area contributed by atoms with E-state index >= 15 is 0 Å². The quantitative estimate of drug-likeness (QED) is 0.770. The van der Waals surface area contributed by atoms with Crippen LogP contribution in [0.15, 0.2) is 12.1 Å². The normalized spacial score (nSPS) is 19.7. The Bertz CT molecular complexity index is 617. The summed E-state index contributed by atoms with van der Waals surface area (Å²) in [7, 11) is 4.24. The number of carbonyl (C=O) groups excluding carboxylic acids is 2. The van der Waals surface area contributed by atoms with Gasteiger partial charge in [-0.3, -0.25) is 4.79 Å². The van der Waals surface area contributed by atoms with Crippen molar-refractivity contribution in [3.8, 4) is 11.5 Å². The molecule has 3 N–H and O–H groups in total. The summed E-state index contributed by atoms with van der Waals surface area (Å²) in [4.78, 5) is 24.3. The molecular formula is C17H24N2O5. The summed E-state index contributed by atoms with van der Waals surface area (Å²) in [6, 6.07) is 3.10. The number of ether oxygens (including phenoxy) is 3. The third-order valence-electron chi connectivity index (χ3n) is 4.37. The van der Waals surface area contributed by atoms with Crippen LogP contribution >= 0.6 is 0 Å². The molecule has 2 rings (SSSR count). The van der Waals surface area contributed by atoms with Crippen molar-refractivity contribution in [3.63, 3.8) is 0 Å². The lowest BCUT2D eigenvalue weighted by molar-refractivity contribution is -0.117. The molecule has 1 fully saturated rings. The minimum Gasteiger partial charge on any atom is -0.493 e. The monoisotopic (exact) mass is 336 g/mol. The average molecular weight is 336 g/mol. The van der Waals surface area contributed by atoms with Crippen LogP contribution in [0.2, 0.25) is 0 Å². The number of amides is 1. The maximum Gasteiger partial charge on any atom is 0.340 e. The number of nitrogens with one attached hydrogen (secondary N) is 1. The lowest BCUT2D eigenvalue weighted by atomic mass is 9.99. The van der Waals surface area contributed by atoms with Crippen molar-refractivity contribution in [3.05, 3.63) is 17.7 Å². The number of hydrogen-bond donors (Lipinski definition) is 2. The van der Waals surface area contributed by atoms with Gasteiger partial charge in [-0.15, -0.1) is 0 Å². The molecular weight excluding hydrogens is 312 g/mol. The van der Waals surface area contributed by atoms with Crippen molar-refractivity contribution >= 4 is 17.6 Å². The van der Waals surface area contributed by atoms with Crippen LogP contribution in [0.3, 0.4) is 0 Å². The highest BCUT2D eigenvalue weighted by molar-refractivity contribution is 6.02. The number of nitrogens with two attached hydrogens (primary N) is 1. The maximum atomic E-state index is 12.3. The minimum absolute atomic E-state index is 0.0567. The number of hydrogen-bond acceptors (Lipinski definition) is 6. The second-order valence-electron chi connectivity index (χ2n) is 5.85. The SMILES string of the molecule is COC(=O)c1cc(OC)c(OC)cc1NC(=O)C[C@@H]1CCC[C@H]1N. The average Bonchev–Trinajstić information content (AvgIpc) is 2.98. The smallest absolute Gasteiger partial charge is 0.340 e. The highest BCUT2D eigenvalue weighted by atomic mass is 16.5. The summed E-state index contributed by atoms with van der Waals surface area (Å²) in [5.74, 6) is 0.219. The molecule has 0 spiro atoms. The molecule has 1 saturated carbocycles. The topological polar surface area (TPSA) is 99.9 Å². The first-order valence-corrected chi connectivity index (χ1v) is 7.90. The van der Waals surface area contributed by atoms with E-state index in [9.17, 15) is 9.59 Å². The van der Waals surface area contributed by atoms with Gasteiger partial charge in [0, 0.05) is 24.6 Å². The lowest BCUT2D eigenvalue weighted by Crippen LogP contribution is -2.28. The van der Waals surface area contributed by atoms with Crippen LogP contribution in [0.4, 0.5) is 5.69 Å². The Labute approximate surface area is 141 Å². The van der Waals surface area contributed by atoms with Gasteiger partial charge in [0.25, 0.3) is 0 Å². The molecule has 0 aromatic heterocycles. The summed E-state index contributed by atoms with van der Waals surface area (Å²) in [6.07, 6.45) is 3.27. The standard InChI is InChI=1S/C17H24N2O5/c1-22-14-8-11(17(21)24-3)13(9-15(14)23-2)19-16(20)7-10-5-4-6-12(10)18/h8-10,12H,4-7,18H2,1-3H3,(H,19,20)/t10-,12+/m0/s1. The maximum absolute atomic E-state index is 12.3. The highest BCUT2D eigenvalue weighted by Gasteiger charge is 2.27. The number of rotatable bonds is 6. The Morgan fingerprint density at radius 3 is 2.38 bits per heavy atom. The van der Waals surface area contributed by atoms with Crippen LogP contribution in [0.25, 0.3) is 0 Å². The van der Waals surface area contributed by atoms with Gasteiger partial charge in [0.2, 0.25) is 5.91 Å². The second kappa shape index (κ2) is 8.01. The Balaban J connectivity index is 2.23. The van der Waals surface area contributed by atoms with Crippen LogP contribution in [0, 0.1) is 5.92 Å². The summed E-state index contributed by atoms with van der Waals surface area (Å²) >= 11 is 0. The number of methoxy groups -OCH3 is 3. The molecule has 1 aromatic rings. The number of esters is 1. The van der Waals surface area contributed by atoms with E-state index in [0.29, 0.717) is 23.6 Å². The fourth-order valence-corrected chi connectivity index (χ4v) is 3.02. The molecule has 7 heteroatoms. The molecule has 0 unspecified atom stereocenters. The summed E-state index contributed by atoms with van der Waals surface area (Å²) in [5, 5.41) is 2.77. The van der Waals surface area contributed by atoms with E-state index in [-0.39, 0.29) is 23.4 Å². The lowest BCUT2D eigenvalue weighted by Gasteiger charge is -2.17. The van der Waals surface area contributed by atoms with Gasteiger partial charge < -0.3 is 25.3 Å². The van der Waals surface area contributed by atoms with E-state index in [4.69, 9.17) is 19.9 Å². The van der Waals surface area contributed by atoms with Crippen LogP contribution < -0.4 is 20.5 Å². The Hall–Kier alpha value is -2.28. The number of carbonyl (C=O) groups is 2. The van der Waals surface area contributed by atoms with E-state index in [0.717, 1.165) is 19.3 Å². The molecule has 0 heterocycles. The van der Waals surface area contributed by atoms with Gasteiger partial charge in [0.1, 0.15) is 0 Å². The molecule has 1 amide bonds. The molecule has 1 aliphatic carbocycles. The fourth-order valence-electron chi connectivity index (χ4n) is 3.02. The van der Waals surface area contributed by atoms with Gasteiger partial charge in [0.05, 0.1) is 32.6 Å². The predicted octanol–water partition coefficient (Wildman–Crippen LogP) is 1.95. The van der Waals surface area contributed by atoms with Gasteiger partial charge in [0.15, 0.2) is 11.5 Å². The molecule has 0 bridgehead atoms. The van der Waals surface area contributed by atoms with Crippen LogP contribution in [0.1, 0.15) is 36.0 Å².